The number of para-hydroxylation sites is 1. The van der Waals surface area contributed by atoms with Gasteiger partial charge >= 0.3 is 0 Å². The molecule has 6 rings (SSSR count). The molecule has 0 bridgehead atoms. The van der Waals surface area contributed by atoms with Crippen molar-refractivity contribution in [1.82, 2.24) is 0 Å². The van der Waals surface area contributed by atoms with Crippen molar-refractivity contribution in [3.05, 3.63) is 113 Å². The van der Waals surface area contributed by atoms with Crippen molar-refractivity contribution in [2.75, 3.05) is 6.61 Å². The average Bonchev–Trinajstić information content (AvgIpc) is 3.69. The molecule has 4 unspecified atom stereocenters. The summed E-state index contributed by atoms with van der Waals surface area (Å²) in [5.74, 6) is 2.09. The zero-order valence-electron chi connectivity index (χ0n) is 20.4. The second-order valence-electron chi connectivity index (χ2n) is 11.0. The highest BCUT2D eigenvalue weighted by Gasteiger charge is 2.52. The van der Waals surface area contributed by atoms with Crippen LogP contribution in [0.1, 0.15) is 55.2 Å². The number of epoxide rings is 1. The number of hydrogen-bond acceptors (Lipinski definition) is 3. The van der Waals surface area contributed by atoms with E-state index in [0.717, 1.165) is 29.9 Å². The molecule has 3 aromatic carbocycles. The summed E-state index contributed by atoms with van der Waals surface area (Å²) in [6.07, 6.45) is 2.11. The third kappa shape index (κ3) is 4.29. The summed E-state index contributed by atoms with van der Waals surface area (Å²) >= 11 is 0. The average molecular weight is 465 g/mol. The van der Waals surface area contributed by atoms with Crippen LogP contribution >= 0.6 is 0 Å². The van der Waals surface area contributed by atoms with E-state index < -0.39 is 0 Å². The molecule has 0 N–H and O–H groups in total. The summed E-state index contributed by atoms with van der Waals surface area (Å²) < 4.78 is 12.7. The van der Waals surface area contributed by atoms with Crippen LogP contribution in [0.15, 0.2) is 96.3 Å². The van der Waals surface area contributed by atoms with Crippen molar-refractivity contribution in [3.8, 4) is 5.75 Å². The van der Waals surface area contributed by atoms with Gasteiger partial charge in [-0.15, -0.1) is 0 Å². The van der Waals surface area contributed by atoms with Gasteiger partial charge < -0.3 is 9.47 Å². The Hall–Kier alpha value is -3.33. The molecule has 35 heavy (non-hydrogen) atoms. The Morgan fingerprint density at radius 3 is 2.26 bits per heavy atom. The number of Topliss-reactive ketones (excluding diaryl/α,β-unsaturated/α-hetero) is 1. The number of hydrogen-bond donors (Lipinski definition) is 0. The molecule has 2 aliphatic heterocycles. The topological polar surface area (TPSA) is 38.8 Å². The molecule has 0 aromatic heterocycles. The normalized spacial score (nSPS) is 28.0. The number of carbonyl (C=O) groups excluding carboxylic acids is 1. The maximum atomic E-state index is 13.9. The smallest absolute Gasteiger partial charge is 0.145 e. The fourth-order valence-electron chi connectivity index (χ4n) is 6.39. The van der Waals surface area contributed by atoms with Crippen molar-refractivity contribution in [1.29, 1.82) is 0 Å². The molecule has 3 aliphatic rings. The van der Waals surface area contributed by atoms with Crippen LogP contribution in [-0.2, 0) is 16.0 Å². The molecule has 0 amide bonds. The first-order valence-corrected chi connectivity index (χ1v) is 12.7. The SMILES string of the molecule is CC1(C)CC(=O)C2C(C1)Oc1ccccc1C(/C(Cc1ccccc1)=C1/CO1)C2c1ccccc1. The highest BCUT2D eigenvalue weighted by atomic mass is 16.6. The summed E-state index contributed by atoms with van der Waals surface area (Å²) in [6, 6.07) is 29.6. The Kier molecular flexibility index (Phi) is 5.51. The van der Waals surface area contributed by atoms with E-state index >= 15 is 0 Å². The van der Waals surface area contributed by atoms with E-state index in [9.17, 15) is 4.79 Å². The zero-order chi connectivity index (χ0) is 24.0. The number of ether oxygens (including phenoxy) is 2. The number of allylic oxidation sites excluding steroid dienone is 1. The molecular weight excluding hydrogens is 432 g/mol. The highest BCUT2D eigenvalue weighted by Crippen LogP contribution is 2.55. The molecule has 1 aliphatic carbocycles. The van der Waals surface area contributed by atoms with E-state index in [2.05, 4.69) is 92.7 Å². The number of carbonyl (C=O) groups is 1. The molecule has 0 spiro atoms. The predicted molar refractivity (Wildman–Crippen MR) is 137 cm³/mol. The van der Waals surface area contributed by atoms with Gasteiger partial charge in [0.1, 0.15) is 30.0 Å². The largest absolute Gasteiger partial charge is 0.489 e. The molecule has 3 nitrogen and oxygen atoms in total. The second kappa shape index (κ2) is 8.71. The van der Waals surface area contributed by atoms with Crippen LogP contribution in [0.5, 0.6) is 5.75 Å². The number of rotatable bonds is 4. The van der Waals surface area contributed by atoms with Gasteiger partial charge in [-0.1, -0.05) is 92.7 Å². The van der Waals surface area contributed by atoms with Crippen LogP contribution in [0, 0.1) is 11.3 Å². The van der Waals surface area contributed by atoms with Gasteiger partial charge in [-0.3, -0.25) is 4.79 Å². The fraction of sp³-hybridized carbons (Fsp3) is 0.344. The Bertz CT molecular complexity index is 1250. The molecule has 4 atom stereocenters. The molecule has 2 heterocycles. The first-order chi connectivity index (χ1) is 17.0. The standard InChI is InChI=1S/C32H32O3/c1-32(2)18-25(33)31-27(19-32)35-26-16-10-9-15-23(26)30(29(31)22-13-7-4-8-14-22)24(28-20-34-28)17-21-11-5-3-6-12-21/h3-16,27,29-31H,17-20H2,1-2H3/b28-24-. The lowest BCUT2D eigenvalue weighted by Crippen LogP contribution is -2.46. The minimum absolute atomic E-state index is 0.00599. The van der Waals surface area contributed by atoms with Gasteiger partial charge in [0, 0.05) is 23.8 Å². The summed E-state index contributed by atoms with van der Waals surface area (Å²) in [6.45, 7) is 5.05. The highest BCUT2D eigenvalue weighted by molar-refractivity contribution is 5.85. The van der Waals surface area contributed by atoms with Crippen LogP contribution in [0.4, 0.5) is 0 Å². The van der Waals surface area contributed by atoms with Crippen molar-refractivity contribution >= 4 is 5.78 Å². The van der Waals surface area contributed by atoms with Crippen LogP contribution in [0.3, 0.4) is 0 Å². The molecule has 1 saturated carbocycles. The molecule has 0 radical (unpaired) electrons. The third-order valence-corrected chi connectivity index (χ3v) is 7.90. The maximum Gasteiger partial charge on any atom is 0.145 e. The minimum Gasteiger partial charge on any atom is -0.489 e. The van der Waals surface area contributed by atoms with Gasteiger partial charge in [-0.05, 0) is 41.0 Å². The van der Waals surface area contributed by atoms with Crippen molar-refractivity contribution in [2.24, 2.45) is 11.3 Å². The monoisotopic (exact) mass is 464 g/mol. The van der Waals surface area contributed by atoms with Gasteiger partial charge in [0.05, 0.1) is 5.92 Å². The Morgan fingerprint density at radius 1 is 0.886 bits per heavy atom. The van der Waals surface area contributed by atoms with Gasteiger partial charge in [-0.25, -0.2) is 0 Å². The van der Waals surface area contributed by atoms with E-state index in [0.29, 0.717) is 18.8 Å². The Morgan fingerprint density at radius 2 is 1.54 bits per heavy atom. The van der Waals surface area contributed by atoms with E-state index in [4.69, 9.17) is 9.47 Å². The van der Waals surface area contributed by atoms with Gasteiger partial charge in [0.2, 0.25) is 0 Å². The van der Waals surface area contributed by atoms with E-state index in [-0.39, 0.29) is 29.3 Å². The van der Waals surface area contributed by atoms with Gasteiger partial charge in [0.25, 0.3) is 0 Å². The van der Waals surface area contributed by atoms with Crippen LogP contribution in [0.25, 0.3) is 0 Å². The van der Waals surface area contributed by atoms with Crippen molar-refractivity contribution in [3.63, 3.8) is 0 Å². The van der Waals surface area contributed by atoms with Gasteiger partial charge in [0.15, 0.2) is 0 Å². The third-order valence-electron chi connectivity index (χ3n) is 7.90. The fourth-order valence-corrected chi connectivity index (χ4v) is 6.39. The van der Waals surface area contributed by atoms with Gasteiger partial charge in [-0.2, -0.15) is 0 Å². The molecular formula is C32H32O3. The molecule has 178 valence electrons. The number of benzene rings is 3. The lowest BCUT2D eigenvalue weighted by Gasteiger charge is -2.42. The maximum absolute atomic E-state index is 13.9. The van der Waals surface area contributed by atoms with E-state index in [1.54, 1.807) is 0 Å². The van der Waals surface area contributed by atoms with Crippen molar-refractivity contribution in [2.45, 2.75) is 51.0 Å². The summed E-state index contributed by atoms with van der Waals surface area (Å²) in [4.78, 5) is 13.9. The van der Waals surface area contributed by atoms with E-state index in [1.807, 2.05) is 6.07 Å². The molecule has 2 fully saturated rings. The Labute approximate surface area is 207 Å². The molecule has 1 saturated heterocycles. The van der Waals surface area contributed by atoms with Crippen LogP contribution < -0.4 is 4.74 Å². The number of ketones is 1. The van der Waals surface area contributed by atoms with Crippen LogP contribution in [-0.4, -0.2) is 18.5 Å². The Balaban J connectivity index is 1.56. The summed E-state index contributed by atoms with van der Waals surface area (Å²) in [7, 11) is 0. The van der Waals surface area contributed by atoms with Crippen molar-refractivity contribution < 1.29 is 14.3 Å². The predicted octanol–water partition coefficient (Wildman–Crippen LogP) is 6.85. The van der Waals surface area contributed by atoms with E-state index in [1.165, 1.54) is 16.7 Å². The zero-order valence-corrected chi connectivity index (χ0v) is 20.4. The van der Waals surface area contributed by atoms with Crippen LogP contribution in [0.2, 0.25) is 0 Å². The quantitative estimate of drug-likeness (QED) is 0.397. The molecule has 3 heteroatoms. The minimum atomic E-state index is -0.201. The first kappa shape index (κ1) is 22.2. The summed E-state index contributed by atoms with van der Waals surface area (Å²) in [5, 5.41) is 0. The lowest BCUT2D eigenvalue weighted by atomic mass is 9.61. The summed E-state index contributed by atoms with van der Waals surface area (Å²) in [5.41, 5.74) is 4.83. The second-order valence-corrected chi connectivity index (χ2v) is 11.0. The first-order valence-electron chi connectivity index (χ1n) is 12.7. The molecule has 3 aromatic rings. The lowest BCUT2D eigenvalue weighted by molar-refractivity contribution is -0.134. The number of fused-ring (bicyclic) bond motifs is 2.